The fourth-order valence-corrected chi connectivity index (χ4v) is 1.46. The highest BCUT2D eigenvalue weighted by molar-refractivity contribution is 8.01. The lowest BCUT2D eigenvalue weighted by Crippen LogP contribution is -2.13. The summed E-state index contributed by atoms with van der Waals surface area (Å²) in [5.74, 6) is 0. The monoisotopic (exact) mass is 214 g/mol. The van der Waals surface area contributed by atoms with E-state index in [4.69, 9.17) is 4.55 Å². The van der Waals surface area contributed by atoms with E-state index in [2.05, 4.69) is 0 Å². The summed E-state index contributed by atoms with van der Waals surface area (Å²) in [6.45, 7) is 1.94. The second kappa shape index (κ2) is 3.89. The maximum atomic E-state index is 11.0. The Morgan fingerprint density at radius 3 is 2.14 bits per heavy atom. The zero-order valence-corrected chi connectivity index (χ0v) is 8.41. The van der Waals surface area contributed by atoms with Crippen molar-refractivity contribution >= 4 is 15.2 Å². The quantitative estimate of drug-likeness (QED) is 0.753. The van der Waals surface area contributed by atoms with Crippen LogP contribution in [0.4, 0.5) is 0 Å². The molecule has 0 heterocycles. The summed E-state index contributed by atoms with van der Waals surface area (Å²) in [5.41, 5.74) is 0.974. The van der Waals surface area contributed by atoms with E-state index in [-0.39, 0.29) is 5.56 Å². The molecule has 0 fully saturated rings. The Balaban J connectivity index is 3.05. The number of rotatable bonds is 2. The van der Waals surface area contributed by atoms with Crippen LogP contribution >= 0.6 is 0 Å². The summed E-state index contributed by atoms with van der Waals surface area (Å²) in [6.07, 6.45) is 0.806. The third-order valence-corrected chi connectivity index (χ3v) is 2.54. The minimum atomic E-state index is -4.61. The fourth-order valence-electron chi connectivity index (χ4n) is 1.03. The first-order chi connectivity index (χ1) is 6.45. The molecular weight excluding hydrogens is 204 g/mol. The Labute approximate surface area is 82.3 Å². The van der Waals surface area contributed by atoms with Crippen LogP contribution in [0.15, 0.2) is 24.3 Å². The minimum absolute atomic E-state index is 0.0234. The summed E-state index contributed by atoms with van der Waals surface area (Å²) in [6, 6.07) is 6.07. The molecule has 1 aromatic carbocycles. The van der Waals surface area contributed by atoms with Crippen molar-refractivity contribution in [2.24, 2.45) is 0 Å². The normalized spacial score (nSPS) is 11.3. The summed E-state index contributed by atoms with van der Waals surface area (Å²) in [4.78, 5) is 11.0. The number of carbonyl (C=O) groups is 1. The summed E-state index contributed by atoms with van der Waals surface area (Å²) < 4.78 is 29.5. The Hall–Kier alpha value is -1.20. The second-order valence-corrected chi connectivity index (χ2v) is 4.13. The van der Waals surface area contributed by atoms with E-state index in [0.29, 0.717) is 0 Å². The average molecular weight is 214 g/mol. The van der Waals surface area contributed by atoms with Crippen molar-refractivity contribution in [1.82, 2.24) is 0 Å². The zero-order valence-electron chi connectivity index (χ0n) is 7.60. The lowest BCUT2D eigenvalue weighted by atomic mass is 10.1. The van der Waals surface area contributed by atoms with Crippen LogP contribution in [0, 0.1) is 0 Å². The SMILES string of the molecule is CCc1ccc(C(=O)S(=O)(=O)O)cc1. The van der Waals surface area contributed by atoms with E-state index >= 15 is 0 Å². The predicted molar refractivity (Wildman–Crippen MR) is 51.7 cm³/mol. The second-order valence-electron chi connectivity index (χ2n) is 2.81. The van der Waals surface area contributed by atoms with Crippen molar-refractivity contribution in [3.8, 4) is 0 Å². The maximum absolute atomic E-state index is 11.0. The predicted octanol–water partition coefficient (Wildman–Crippen LogP) is 1.28. The van der Waals surface area contributed by atoms with Crippen molar-refractivity contribution in [2.45, 2.75) is 13.3 Å². The molecule has 76 valence electrons. The highest BCUT2D eigenvalue weighted by Crippen LogP contribution is 2.08. The fraction of sp³-hybridized carbons (Fsp3) is 0.222. The van der Waals surface area contributed by atoms with Gasteiger partial charge < -0.3 is 0 Å². The van der Waals surface area contributed by atoms with Crippen LogP contribution in [0.25, 0.3) is 0 Å². The Morgan fingerprint density at radius 2 is 1.79 bits per heavy atom. The van der Waals surface area contributed by atoms with Gasteiger partial charge in [-0.2, -0.15) is 8.42 Å². The van der Waals surface area contributed by atoms with Gasteiger partial charge in [0, 0.05) is 5.56 Å². The lowest BCUT2D eigenvalue weighted by molar-refractivity contribution is 0.106. The smallest absolute Gasteiger partial charge is 0.279 e. The average Bonchev–Trinajstić information content (AvgIpc) is 2.15. The minimum Gasteiger partial charge on any atom is -0.279 e. The Morgan fingerprint density at radius 1 is 1.29 bits per heavy atom. The summed E-state index contributed by atoms with van der Waals surface area (Å²) >= 11 is 0. The molecule has 0 aliphatic heterocycles. The molecule has 0 atom stereocenters. The van der Waals surface area contributed by atoms with Crippen LogP contribution in [0.1, 0.15) is 22.8 Å². The van der Waals surface area contributed by atoms with E-state index in [1.807, 2.05) is 6.92 Å². The number of carbonyl (C=O) groups excluding carboxylic acids is 1. The number of aryl methyl sites for hydroxylation is 1. The van der Waals surface area contributed by atoms with Gasteiger partial charge in [0.25, 0.3) is 0 Å². The van der Waals surface area contributed by atoms with Crippen molar-refractivity contribution in [1.29, 1.82) is 0 Å². The van der Waals surface area contributed by atoms with Crippen LogP contribution in [-0.4, -0.2) is 18.1 Å². The van der Waals surface area contributed by atoms with E-state index in [9.17, 15) is 13.2 Å². The summed E-state index contributed by atoms with van der Waals surface area (Å²) in [7, 11) is -4.61. The molecule has 0 bridgehead atoms. The van der Waals surface area contributed by atoms with E-state index < -0.39 is 15.2 Å². The number of hydrogen-bond donors (Lipinski definition) is 1. The Bertz CT molecular complexity index is 430. The van der Waals surface area contributed by atoms with Crippen molar-refractivity contribution in [2.75, 3.05) is 0 Å². The van der Waals surface area contributed by atoms with Crippen molar-refractivity contribution in [3.05, 3.63) is 35.4 Å². The van der Waals surface area contributed by atoms with Gasteiger partial charge in [-0.1, -0.05) is 19.1 Å². The molecule has 0 saturated heterocycles. The van der Waals surface area contributed by atoms with Gasteiger partial charge in [0.1, 0.15) is 0 Å². The first-order valence-electron chi connectivity index (χ1n) is 4.06. The Kier molecular flexibility index (Phi) is 3.03. The van der Waals surface area contributed by atoms with Gasteiger partial charge in [-0.05, 0) is 24.1 Å². The molecule has 0 aliphatic rings. The first-order valence-corrected chi connectivity index (χ1v) is 5.50. The molecular formula is C9H10O4S. The highest BCUT2D eigenvalue weighted by atomic mass is 32.2. The van der Waals surface area contributed by atoms with Gasteiger partial charge >= 0.3 is 15.2 Å². The molecule has 1 rings (SSSR count). The number of hydrogen-bond acceptors (Lipinski definition) is 3. The van der Waals surface area contributed by atoms with Crippen molar-refractivity contribution in [3.63, 3.8) is 0 Å². The topological polar surface area (TPSA) is 71.4 Å². The molecule has 4 nitrogen and oxygen atoms in total. The van der Waals surface area contributed by atoms with Crippen LogP contribution in [0.5, 0.6) is 0 Å². The molecule has 0 radical (unpaired) electrons. The molecule has 0 amide bonds. The van der Waals surface area contributed by atoms with E-state index in [1.54, 1.807) is 12.1 Å². The maximum Gasteiger partial charge on any atom is 0.333 e. The molecule has 14 heavy (non-hydrogen) atoms. The van der Waals surface area contributed by atoms with Crippen LogP contribution in [-0.2, 0) is 16.5 Å². The summed E-state index contributed by atoms with van der Waals surface area (Å²) in [5, 5.41) is -1.26. The van der Waals surface area contributed by atoms with Gasteiger partial charge in [0.2, 0.25) is 0 Å². The molecule has 1 N–H and O–H groups in total. The molecule has 0 aliphatic carbocycles. The molecule has 0 spiro atoms. The van der Waals surface area contributed by atoms with E-state index in [1.165, 1.54) is 12.1 Å². The highest BCUT2D eigenvalue weighted by Gasteiger charge is 2.19. The number of benzene rings is 1. The molecule has 0 aromatic heterocycles. The molecule has 1 aromatic rings. The van der Waals surface area contributed by atoms with Crippen molar-refractivity contribution < 1.29 is 17.8 Å². The first kappa shape index (κ1) is 10.9. The molecule has 0 saturated carbocycles. The van der Waals surface area contributed by atoms with Gasteiger partial charge in [0.15, 0.2) is 0 Å². The van der Waals surface area contributed by atoms with Gasteiger partial charge in [-0.25, -0.2) is 0 Å². The standard InChI is InChI=1S/C9H10O4S/c1-2-7-3-5-8(6-4-7)9(10)14(11,12)13/h3-6H,2H2,1H3,(H,11,12,13). The lowest BCUT2D eigenvalue weighted by Gasteiger charge is -1.99. The molecule has 5 heteroatoms. The van der Waals surface area contributed by atoms with Gasteiger partial charge in [-0.3, -0.25) is 9.35 Å². The zero-order chi connectivity index (χ0) is 10.8. The van der Waals surface area contributed by atoms with Crippen LogP contribution in [0.2, 0.25) is 0 Å². The van der Waals surface area contributed by atoms with Gasteiger partial charge in [-0.15, -0.1) is 0 Å². The third kappa shape index (κ3) is 2.40. The van der Waals surface area contributed by atoms with Crippen LogP contribution < -0.4 is 0 Å². The van der Waals surface area contributed by atoms with Gasteiger partial charge in [0.05, 0.1) is 0 Å². The van der Waals surface area contributed by atoms with Crippen LogP contribution in [0.3, 0.4) is 0 Å². The largest absolute Gasteiger partial charge is 0.333 e. The van der Waals surface area contributed by atoms with E-state index in [0.717, 1.165) is 12.0 Å². The molecule has 0 unspecified atom stereocenters. The third-order valence-electron chi connectivity index (χ3n) is 1.83.